The van der Waals surface area contributed by atoms with Crippen molar-refractivity contribution in [2.75, 3.05) is 7.05 Å². The minimum absolute atomic E-state index is 1.12. The van der Waals surface area contributed by atoms with E-state index in [1.165, 1.54) is 37.0 Å². The van der Waals surface area contributed by atoms with Gasteiger partial charge in [0.05, 0.1) is 0 Å². The highest BCUT2D eigenvalue weighted by Gasteiger charge is 2.18. The van der Waals surface area contributed by atoms with Gasteiger partial charge >= 0.3 is 0 Å². The smallest absolute Gasteiger partial charge is 0.0332 e. The molecule has 0 saturated carbocycles. The molecular weight excluding hydrogens is 146 g/mol. The molecule has 2 rings (SSSR count). The van der Waals surface area contributed by atoms with Crippen molar-refractivity contribution in [3.8, 4) is 0 Å². The van der Waals surface area contributed by atoms with Gasteiger partial charge in [-0.15, -0.1) is 0 Å². The summed E-state index contributed by atoms with van der Waals surface area (Å²) >= 11 is 0. The number of hydrogen-bond donors (Lipinski definition) is 0. The minimum Gasteiger partial charge on any atom is -0.348 e. The summed E-state index contributed by atoms with van der Waals surface area (Å²) in [6.45, 7) is 3.99. The maximum Gasteiger partial charge on any atom is 0.0332 e. The normalized spacial score (nSPS) is 23.1. The van der Waals surface area contributed by atoms with Crippen molar-refractivity contribution in [2.45, 2.75) is 25.7 Å². The van der Waals surface area contributed by atoms with Gasteiger partial charge in [-0.05, 0) is 37.3 Å². The molecule has 1 heterocycles. The first-order valence-corrected chi connectivity index (χ1v) is 4.62. The molecule has 12 heavy (non-hydrogen) atoms. The molecule has 0 fully saturated rings. The van der Waals surface area contributed by atoms with E-state index in [-0.39, 0.29) is 0 Å². The first kappa shape index (κ1) is 7.66. The average molecular weight is 161 g/mol. The fourth-order valence-electron chi connectivity index (χ4n) is 1.96. The van der Waals surface area contributed by atoms with E-state index in [0.717, 1.165) is 5.70 Å². The molecule has 0 saturated heterocycles. The summed E-state index contributed by atoms with van der Waals surface area (Å²) in [6, 6.07) is 0. The summed E-state index contributed by atoms with van der Waals surface area (Å²) in [7, 11) is 2.12. The van der Waals surface area contributed by atoms with Crippen LogP contribution in [0.1, 0.15) is 25.7 Å². The molecule has 0 unspecified atom stereocenters. The SMILES string of the molecule is C=C1C=CC2=C(CCCC2)N1C. The lowest BCUT2D eigenvalue weighted by Gasteiger charge is -2.31. The van der Waals surface area contributed by atoms with Gasteiger partial charge in [0, 0.05) is 18.4 Å². The molecule has 64 valence electrons. The molecule has 0 amide bonds. The van der Waals surface area contributed by atoms with Crippen molar-refractivity contribution in [3.63, 3.8) is 0 Å². The number of nitrogens with zero attached hydrogens (tertiary/aromatic N) is 1. The van der Waals surface area contributed by atoms with Gasteiger partial charge < -0.3 is 4.90 Å². The van der Waals surface area contributed by atoms with E-state index in [0.29, 0.717) is 0 Å². The molecule has 0 aromatic heterocycles. The second-order valence-electron chi connectivity index (χ2n) is 3.56. The third-order valence-electron chi connectivity index (χ3n) is 2.79. The predicted octanol–water partition coefficient (Wildman–Crippen LogP) is 2.83. The Morgan fingerprint density at radius 1 is 1.25 bits per heavy atom. The van der Waals surface area contributed by atoms with Gasteiger partial charge in [-0.25, -0.2) is 0 Å². The lowest BCUT2D eigenvalue weighted by molar-refractivity contribution is 0.465. The lowest BCUT2D eigenvalue weighted by atomic mass is 9.93. The van der Waals surface area contributed by atoms with Crippen LogP contribution in [0.15, 0.2) is 35.7 Å². The first-order chi connectivity index (χ1) is 5.79. The van der Waals surface area contributed by atoms with Crippen LogP contribution in [0.2, 0.25) is 0 Å². The van der Waals surface area contributed by atoms with Crippen LogP contribution in [-0.4, -0.2) is 11.9 Å². The van der Waals surface area contributed by atoms with Crippen molar-refractivity contribution in [2.24, 2.45) is 0 Å². The summed E-state index contributed by atoms with van der Waals surface area (Å²) < 4.78 is 0. The van der Waals surface area contributed by atoms with Crippen LogP contribution < -0.4 is 0 Å². The summed E-state index contributed by atoms with van der Waals surface area (Å²) in [6.07, 6.45) is 9.52. The summed E-state index contributed by atoms with van der Waals surface area (Å²) in [5, 5.41) is 0. The van der Waals surface area contributed by atoms with E-state index in [1.807, 2.05) is 0 Å². The van der Waals surface area contributed by atoms with Crippen LogP contribution in [0.25, 0.3) is 0 Å². The molecule has 0 bridgehead atoms. The highest BCUT2D eigenvalue weighted by atomic mass is 15.1. The molecular formula is C11H15N. The van der Waals surface area contributed by atoms with Crippen LogP contribution in [0.5, 0.6) is 0 Å². The van der Waals surface area contributed by atoms with Gasteiger partial charge in [-0.1, -0.05) is 12.7 Å². The van der Waals surface area contributed by atoms with Gasteiger partial charge in [0.25, 0.3) is 0 Å². The molecule has 1 heteroatoms. The molecule has 0 radical (unpaired) electrons. The van der Waals surface area contributed by atoms with Crippen molar-refractivity contribution in [3.05, 3.63) is 35.7 Å². The fraction of sp³-hybridized carbons (Fsp3) is 0.455. The Bertz CT molecular complexity index is 271. The Hall–Kier alpha value is -0.980. The molecule has 0 spiro atoms. The number of hydrogen-bond acceptors (Lipinski definition) is 1. The zero-order chi connectivity index (χ0) is 8.55. The Kier molecular flexibility index (Phi) is 1.80. The minimum atomic E-state index is 1.12. The van der Waals surface area contributed by atoms with Crippen LogP contribution in [0.3, 0.4) is 0 Å². The van der Waals surface area contributed by atoms with Crippen molar-refractivity contribution >= 4 is 0 Å². The van der Waals surface area contributed by atoms with Gasteiger partial charge in [0.15, 0.2) is 0 Å². The number of rotatable bonds is 0. The van der Waals surface area contributed by atoms with E-state index < -0.39 is 0 Å². The maximum atomic E-state index is 3.99. The molecule has 1 aliphatic carbocycles. The Morgan fingerprint density at radius 2 is 2.00 bits per heavy atom. The summed E-state index contributed by atoms with van der Waals surface area (Å²) in [4.78, 5) is 2.23. The summed E-state index contributed by atoms with van der Waals surface area (Å²) in [5.74, 6) is 0. The van der Waals surface area contributed by atoms with Crippen molar-refractivity contribution in [1.29, 1.82) is 0 Å². The van der Waals surface area contributed by atoms with E-state index >= 15 is 0 Å². The largest absolute Gasteiger partial charge is 0.348 e. The second-order valence-corrected chi connectivity index (χ2v) is 3.56. The monoisotopic (exact) mass is 161 g/mol. The topological polar surface area (TPSA) is 3.24 Å². The van der Waals surface area contributed by atoms with Crippen molar-refractivity contribution in [1.82, 2.24) is 4.90 Å². The third-order valence-corrected chi connectivity index (χ3v) is 2.79. The predicted molar refractivity (Wildman–Crippen MR) is 51.5 cm³/mol. The Balaban J connectivity index is 2.34. The van der Waals surface area contributed by atoms with Gasteiger partial charge in [-0.2, -0.15) is 0 Å². The quantitative estimate of drug-likeness (QED) is 0.528. The molecule has 0 aromatic carbocycles. The molecule has 0 N–H and O–H groups in total. The second kappa shape index (κ2) is 2.81. The van der Waals surface area contributed by atoms with Crippen molar-refractivity contribution < 1.29 is 0 Å². The molecule has 2 aliphatic rings. The fourth-order valence-corrected chi connectivity index (χ4v) is 1.96. The van der Waals surface area contributed by atoms with E-state index in [2.05, 4.69) is 30.7 Å². The van der Waals surface area contributed by atoms with E-state index in [1.54, 1.807) is 0 Å². The van der Waals surface area contributed by atoms with Crippen LogP contribution >= 0.6 is 0 Å². The Morgan fingerprint density at radius 3 is 2.83 bits per heavy atom. The molecule has 0 atom stereocenters. The number of likely N-dealkylation sites (N-methyl/N-ethyl adjacent to an activating group) is 1. The van der Waals surface area contributed by atoms with Gasteiger partial charge in [0.2, 0.25) is 0 Å². The van der Waals surface area contributed by atoms with Crippen LogP contribution in [-0.2, 0) is 0 Å². The number of allylic oxidation sites excluding steroid dienone is 4. The Labute approximate surface area is 74.1 Å². The first-order valence-electron chi connectivity index (χ1n) is 4.62. The van der Waals surface area contributed by atoms with Crippen LogP contribution in [0, 0.1) is 0 Å². The van der Waals surface area contributed by atoms with Gasteiger partial charge in [-0.3, -0.25) is 0 Å². The highest BCUT2D eigenvalue weighted by molar-refractivity contribution is 5.38. The third kappa shape index (κ3) is 1.09. The van der Waals surface area contributed by atoms with Crippen LogP contribution in [0.4, 0.5) is 0 Å². The standard InChI is InChI=1S/C11H15N/c1-9-7-8-10-5-3-4-6-11(10)12(9)2/h7-8H,1,3-6H2,2H3. The average Bonchev–Trinajstić information content (AvgIpc) is 2.12. The molecule has 1 aliphatic heterocycles. The molecule has 0 aromatic rings. The summed E-state index contributed by atoms with van der Waals surface area (Å²) in [5.41, 5.74) is 4.14. The lowest BCUT2D eigenvalue weighted by Crippen LogP contribution is -2.21. The van der Waals surface area contributed by atoms with E-state index in [4.69, 9.17) is 0 Å². The zero-order valence-electron chi connectivity index (χ0n) is 7.64. The maximum absolute atomic E-state index is 3.99. The van der Waals surface area contributed by atoms with Gasteiger partial charge in [0.1, 0.15) is 0 Å². The van der Waals surface area contributed by atoms with E-state index in [9.17, 15) is 0 Å². The molecule has 1 nitrogen and oxygen atoms in total. The zero-order valence-corrected chi connectivity index (χ0v) is 7.64. The highest BCUT2D eigenvalue weighted by Crippen LogP contribution is 2.32.